The van der Waals surface area contributed by atoms with Gasteiger partial charge in [-0.3, -0.25) is 14.4 Å². The first kappa shape index (κ1) is 18.4. The number of nitrogens with one attached hydrogen (secondary N) is 1. The zero-order valence-corrected chi connectivity index (χ0v) is 15.1. The van der Waals surface area contributed by atoms with Crippen molar-refractivity contribution < 1.29 is 19.1 Å². The standard InChI is InChI=1S/C16H23N3O4S/c1-10(2)8-14(21)19-7-6-11-12(9-19)24-16(17-11)18-13(20)4-5-15(22)23-3/h10H,4-9H2,1-3H3,(H,17,18,20). The molecule has 0 unspecified atom stereocenters. The number of carbonyl (C=O) groups is 3. The molecular formula is C16H23N3O4S. The van der Waals surface area contributed by atoms with Crippen LogP contribution in [0.2, 0.25) is 0 Å². The van der Waals surface area contributed by atoms with E-state index in [-0.39, 0.29) is 24.7 Å². The number of hydrogen-bond acceptors (Lipinski definition) is 6. The van der Waals surface area contributed by atoms with Crippen LogP contribution in [0.3, 0.4) is 0 Å². The van der Waals surface area contributed by atoms with E-state index in [1.54, 1.807) is 0 Å². The van der Waals surface area contributed by atoms with Crippen LogP contribution < -0.4 is 5.32 Å². The molecule has 1 aliphatic heterocycles. The van der Waals surface area contributed by atoms with E-state index in [0.29, 0.717) is 37.0 Å². The molecule has 7 nitrogen and oxygen atoms in total. The molecule has 1 aromatic rings. The summed E-state index contributed by atoms with van der Waals surface area (Å²) in [6.45, 7) is 5.28. The van der Waals surface area contributed by atoms with Crippen LogP contribution in [0.15, 0.2) is 0 Å². The first-order valence-electron chi connectivity index (χ1n) is 8.02. The minimum absolute atomic E-state index is 0.0465. The molecule has 1 aliphatic rings. The zero-order valence-electron chi connectivity index (χ0n) is 14.3. The summed E-state index contributed by atoms with van der Waals surface area (Å²) in [5.74, 6) is -0.181. The van der Waals surface area contributed by atoms with E-state index in [4.69, 9.17) is 0 Å². The van der Waals surface area contributed by atoms with Crippen LogP contribution in [-0.2, 0) is 32.1 Å². The fourth-order valence-corrected chi connectivity index (χ4v) is 3.48. The molecule has 0 aromatic carbocycles. The highest BCUT2D eigenvalue weighted by Gasteiger charge is 2.24. The van der Waals surface area contributed by atoms with Crippen LogP contribution >= 0.6 is 11.3 Å². The van der Waals surface area contributed by atoms with E-state index in [0.717, 1.165) is 10.6 Å². The lowest BCUT2D eigenvalue weighted by molar-refractivity contribution is -0.141. The Labute approximate surface area is 145 Å². The summed E-state index contributed by atoms with van der Waals surface area (Å²) in [6.07, 6.45) is 1.36. The predicted octanol–water partition coefficient (Wildman–Crippen LogP) is 1.97. The van der Waals surface area contributed by atoms with E-state index < -0.39 is 5.97 Å². The van der Waals surface area contributed by atoms with E-state index in [2.05, 4.69) is 15.0 Å². The van der Waals surface area contributed by atoms with Gasteiger partial charge in [0, 0.05) is 30.7 Å². The molecule has 0 saturated heterocycles. The van der Waals surface area contributed by atoms with Gasteiger partial charge in [0.05, 0.1) is 25.8 Å². The lowest BCUT2D eigenvalue weighted by Gasteiger charge is -2.26. The molecular weight excluding hydrogens is 330 g/mol. The van der Waals surface area contributed by atoms with Gasteiger partial charge in [0.25, 0.3) is 0 Å². The average molecular weight is 353 g/mol. The number of rotatable bonds is 6. The number of methoxy groups -OCH3 is 1. The number of thiazole rings is 1. The van der Waals surface area contributed by atoms with Crippen LogP contribution in [0.1, 0.15) is 43.7 Å². The highest BCUT2D eigenvalue weighted by Crippen LogP contribution is 2.29. The molecule has 0 fully saturated rings. The van der Waals surface area contributed by atoms with Crippen molar-refractivity contribution in [1.29, 1.82) is 0 Å². The van der Waals surface area contributed by atoms with Gasteiger partial charge in [0.2, 0.25) is 11.8 Å². The molecule has 1 N–H and O–H groups in total. The van der Waals surface area contributed by atoms with Gasteiger partial charge in [-0.2, -0.15) is 0 Å². The maximum atomic E-state index is 12.2. The molecule has 0 atom stereocenters. The van der Waals surface area contributed by atoms with Crippen LogP contribution in [0, 0.1) is 5.92 Å². The molecule has 0 bridgehead atoms. The monoisotopic (exact) mass is 353 g/mol. The Kier molecular flexibility index (Phi) is 6.30. The van der Waals surface area contributed by atoms with Crippen LogP contribution in [0.25, 0.3) is 0 Å². The molecule has 8 heteroatoms. The first-order chi connectivity index (χ1) is 11.4. The third kappa shape index (κ3) is 5.02. The number of ether oxygens (including phenoxy) is 1. The number of amides is 2. The van der Waals surface area contributed by atoms with Crippen LogP contribution in [0.5, 0.6) is 0 Å². The van der Waals surface area contributed by atoms with Gasteiger partial charge in [0.1, 0.15) is 0 Å². The fourth-order valence-electron chi connectivity index (χ4n) is 2.44. The van der Waals surface area contributed by atoms with Crippen molar-refractivity contribution in [3.63, 3.8) is 0 Å². The molecule has 2 heterocycles. The Balaban J connectivity index is 1.91. The normalized spacial score (nSPS) is 13.6. The van der Waals surface area contributed by atoms with Gasteiger partial charge >= 0.3 is 5.97 Å². The Bertz CT molecular complexity index is 627. The Morgan fingerprint density at radius 2 is 2.08 bits per heavy atom. The number of carbonyl (C=O) groups excluding carboxylic acids is 3. The van der Waals surface area contributed by atoms with Gasteiger partial charge in [-0.25, -0.2) is 4.98 Å². The number of fused-ring (bicyclic) bond motifs is 1. The van der Waals surface area contributed by atoms with E-state index in [1.165, 1.54) is 18.4 Å². The Morgan fingerprint density at radius 1 is 1.33 bits per heavy atom. The number of nitrogens with zero attached hydrogens (tertiary/aromatic N) is 2. The molecule has 0 radical (unpaired) electrons. The zero-order chi connectivity index (χ0) is 17.7. The highest BCUT2D eigenvalue weighted by molar-refractivity contribution is 7.15. The average Bonchev–Trinajstić information content (AvgIpc) is 2.92. The molecule has 24 heavy (non-hydrogen) atoms. The van der Waals surface area contributed by atoms with Gasteiger partial charge < -0.3 is 15.0 Å². The molecule has 2 rings (SSSR count). The second-order valence-electron chi connectivity index (χ2n) is 6.18. The third-order valence-corrected chi connectivity index (χ3v) is 4.69. The first-order valence-corrected chi connectivity index (χ1v) is 8.83. The number of esters is 1. The smallest absolute Gasteiger partial charge is 0.306 e. The van der Waals surface area contributed by atoms with Crippen molar-refractivity contribution in [2.75, 3.05) is 19.0 Å². The van der Waals surface area contributed by atoms with Crippen molar-refractivity contribution in [3.8, 4) is 0 Å². The maximum absolute atomic E-state index is 12.2. The molecule has 0 aliphatic carbocycles. The molecule has 132 valence electrons. The minimum atomic E-state index is -0.414. The van der Waals surface area contributed by atoms with Crippen LogP contribution in [0.4, 0.5) is 5.13 Å². The summed E-state index contributed by atoms with van der Waals surface area (Å²) in [4.78, 5) is 42.3. The Hall–Kier alpha value is -1.96. The molecule has 0 spiro atoms. The largest absolute Gasteiger partial charge is 0.469 e. The second-order valence-corrected chi connectivity index (χ2v) is 7.26. The summed E-state index contributed by atoms with van der Waals surface area (Å²) in [7, 11) is 1.29. The van der Waals surface area contributed by atoms with Crippen molar-refractivity contribution in [3.05, 3.63) is 10.6 Å². The van der Waals surface area contributed by atoms with E-state index in [9.17, 15) is 14.4 Å². The lowest BCUT2D eigenvalue weighted by Crippen LogP contribution is -2.36. The predicted molar refractivity (Wildman–Crippen MR) is 90.6 cm³/mol. The lowest BCUT2D eigenvalue weighted by atomic mass is 10.1. The molecule has 2 amide bonds. The number of hydrogen-bond donors (Lipinski definition) is 1. The van der Waals surface area contributed by atoms with E-state index >= 15 is 0 Å². The van der Waals surface area contributed by atoms with Gasteiger partial charge in [-0.15, -0.1) is 0 Å². The van der Waals surface area contributed by atoms with Crippen molar-refractivity contribution in [1.82, 2.24) is 9.88 Å². The van der Waals surface area contributed by atoms with Gasteiger partial charge in [0.15, 0.2) is 5.13 Å². The molecule has 0 saturated carbocycles. The Morgan fingerprint density at radius 3 is 2.75 bits per heavy atom. The SMILES string of the molecule is COC(=O)CCC(=O)Nc1nc2c(s1)CN(C(=O)CC(C)C)CC2. The van der Waals surface area contributed by atoms with Crippen LogP contribution in [-0.4, -0.2) is 41.3 Å². The maximum Gasteiger partial charge on any atom is 0.306 e. The third-order valence-electron chi connectivity index (χ3n) is 3.70. The van der Waals surface area contributed by atoms with Gasteiger partial charge in [-0.05, 0) is 5.92 Å². The van der Waals surface area contributed by atoms with E-state index in [1.807, 2.05) is 18.7 Å². The summed E-state index contributed by atoms with van der Waals surface area (Å²) in [5, 5.41) is 3.23. The fraction of sp³-hybridized carbons (Fsp3) is 0.625. The number of anilines is 1. The summed E-state index contributed by atoms with van der Waals surface area (Å²) < 4.78 is 4.51. The van der Waals surface area contributed by atoms with Crippen molar-refractivity contribution in [2.24, 2.45) is 5.92 Å². The quantitative estimate of drug-likeness (QED) is 0.790. The summed E-state index contributed by atoms with van der Waals surface area (Å²) in [6, 6.07) is 0. The molecule has 1 aromatic heterocycles. The minimum Gasteiger partial charge on any atom is -0.469 e. The summed E-state index contributed by atoms with van der Waals surface area (Å²) >= 11 is 1.39. The van der Waals surface area contributed by atoms with Gasteiger partial charge in [-0.1, -0.05) is 25.2 Å². The highest BCUT2D eigenvalue weighted by atomic mass is 32.1. The number of aromatic nitrogens is 1. The summed E-state index contributed by atoms with van der Waals surface area (Å²) in [5.41, 5.74) is 0.942. The van der Waals surface area contributed by atoms with Crippen molar-refractivity contribution in [2.45, 2.75) is 46.1 Å². The topological polar surface area (TPSA) is 88.6 Å². The second kappa shape index (κ2) is 8.23. The van der Waals surface area contributed by atoms with Crippen molar-refractivity contribution >= 4 is 34.3 Å².